The molecule has 0 spiro atoms. The summed E-state index contributed by atoms with van der Waals surface area (Å²) in [6.07, 6.45) is 4.70. The van der Waals surface area contributed by atoms with E-state index in [-0.39, 0.29) is 18.4 Å². The van der Waals surface area contributed by atoms with E-state index in [0.29, 0.717) is 35.2 Å². The lowest BCUT2D eigenvalue weighted by Crippen LogP contribution is -2.46. The second-order valence-electron chi connectivity index (χ2n) is 7.21. The van der Waals surface area contributed by atoms with E-state index in [1.165, 1.54) is 21.3 Å². The fourth-order valence-electron chi connectivity index (χ4n) is 4.54. The lowest BCUT2D eigenvalue weighted by Gasteiger charge is -2.33. The monoisotopic (exact) mass is 377 g/mol. The van der Waals surface area contributed by atoms with Gasteiger partial charge in [-0.2, -0.15) is 0 Å². The maximum absolute atomic E-state index is 13.1. The van der Waals surface area contributed by atoms with Crippen molar-refractivity contribution in [2.75, 3.05) is 21.3 Å². The quantitative estimate of drug-likeness (QED) is 0.820. The SMILES string of the molecule is COc1cc(CC(=O)N2C(C(=O)O)CC3CCCCC32)cc(OC)c1OC. The molecule has 27 heavy (non-hydrogen) atoms. The first kappa shape index (κ1) is 19.3. The maximum Gasteiger partial charge on any atom is 0.326 e. The smallest absolute Gasteiger partial charge is 0.326 e. The summed E-state index contributed by atoms with van der Waals surface area (Å²) in [5.74, 6) is 0.642. The van der Waals surface area contributed by atoms with Crippen molar-refractivity contribution in [2.45, 2.75) is 50.6 Å². The molecule has 7 nitrogen and oxygen atoms in total. The lowest BCUT2D eigenvalue weighted by atomic mass is 9.84. The van der Waals surface area contributed by atoms with Crippen LogP contribution < -0.4 is 14.2 Å². The van der Waals surface area contributed by atoms with Crippen molar-refractivity contribution in [3.63, 3.8) is 0 Å². The molecule has 1 amide bonds. The minimum absolute atomic E-state index is 0.0365. The number of carboxylic acids is 1. The highest BCUT2D eigenvalue weighted by Crippen LogP contribution is 2.41. The van der Waals surface area contributed by atoms with Crippen molar-refractivity contribution in [3.8, 4) is 17.2 Å². The van der Waals surface area contributed by atoms with Gasteiger partial charge in [0.1, 0.15) is 6.04 Å². The number of methoxy groups -OCH3 is 3. The average molecular weight is 377 g/mol. The summed E-state index contributed by atoms with van der Waals surface area (Å²) in [5.41, 5.74) is 0.706. The van der Waals surface area contributed by atoms with Crippen molar-refractivity contribution in [2.24, 2.45) is 5.92 Å². The molecule has 2 aliphatic rings. The number of carboxylic acid groups (broad SMARTS) is 1. The highest BCUT2D eigenvalue weighted by molar-refractivity contribution is 5.86. The molecule has 3 rings (SSSR count). The molecule has 1 N–H and O–H groups in total. The number of likely N-dealkylation sites (tertiary alicyclic amines) is 1. The fraction of sp³-hybridized carbons (Fsp3) is 0.600. The fourth-order valence-corrected chi connectivity index (χ4v) is 4.54. The van der Waals surface area contributed by atoms with E-state index in [4.69, 9.17) is 14.2 Å². The van der Waals surface area contributed by atoms with Gasteiger partial charge in [-0.1, -0.05) is 12.8 Å². The van der Waals surface area contributed by atoms with Gasteiger partial charge in [-0.05, 0) is 42.9 Å². The van der Waals surface area contributed by atoms with E-state index in [2.05, 4.69) is 0 Å². The Kier molecular flexibility index (Phi) is 5.77. The molecule has 148 valence electrons. The number of amides is 1. The number of aliphatic carboxylic acids is 1. The number of hydrogen-bond acceptors (Lipinski definition) is 5. The molecular weight excluding hydrogens is 350 g/mol. The van der Waals surface area contributed by atoms with Crippen LogP contribution in [-0.2, 0) is 16.0 Å². The molecule has 1 aliphatic heterocycles. The molecule has 1 aromatic carbocycles. The van der Waals surface area contributed by atoms with Crippen molar-refractivity contribution < 1.29 is 28.9 Å². The average Bonchev–Trinajstić information content (AvgIpc) is 3.07. The van der Waals surface area contributed by atoms with E-state index in [1.807, 2.05) is 0 Å². The topological polar surface area (TPSA) is 85.3 Å². The number of ether oxygens (including phenoxy) is 3. The molecule has 1 saturated carbocycles. The zero-order valence-corrected chi connectivity index (χ0v) is 16.1. The van der Waals surface area contributed by atoms with Gasteiger partial charge in [0.05, 0.1) is 27.8 Å². The number of benzene rings is 1. The van der Waals surface area contributed by atoms with Crippen molar-refractivity contribution in [1.29, 1.82) is 0 Å². The predicted octanol–water partition coefficient (Wildman–Crippen LogP) is 2.50. The molecular formula is C20H27NO6. The summed E-state index contributed by atoms with van der Waals surface area (Å²) < 4.78 is 16.0. The summed E-state index contributed by atoms with van der Waals surface area (Å²) in [7, 11) is 4.57. The zero-order valence-electron chi connectivity index (χ0n) is 16.1. The van der Waals surface area contributed by atoms with Crippen LogP contribution in [0.1, 0.15) is 37.7 Å². The van der Waals surface area contributed by atoms with Crippen LogP contribution in [0.15, 0.2) is 12.1 Å². The van der Waals surface area contributed by atoms with Gasteiger partial charge in [-0.25, -0.2) is 4.79 Å². The van der Waals surface area contributed by atoms with Gasteiger partial charge >= 0.3 is 5.97 Å². The van der Waals surface area contributed by atoms with Gasteiger partial charge in [-0.15, -0.1) is 0 Å². The number of carbonyl (C=O) groups is 2. The summed E-state index contributed by atoms with van der Waals surface area (Å²) in [6.45, 7) is 0. The van der Waals surface area contributed by atoms with Crippen LogP contribution >= 0.6 is 0 Å². The Hall–Kier alpha value is -2.44. The zero-order chi connectivity index (χ0) is 19.6. The van der Waals surface area contributed by atoms with Crippen molar-refractivity contribution in [1.82, 2.24) is 4.90 Å². The summed E-state index contributed by atoms with van der Waals surface area (Å²) in [4.78, 5) is 26.5. The lowest BCUT2D eigenvalue weighted by molar-refractivity contribution is -0.149. The molecule has 1 aliphatic carbocycles. The van der Waals surface area contributed by atoms with Crippen LogP contribution in [-0.4, -0.2) is 55.3 Å². The van der Waals surface area contributed by atoms with Crippen LogP contribution in [0.3, 0.4) is 0 Å². The van der Waals surface area contributed by atoms with Gasteiger partial charge < -0.3 is 24.2 Å². The first-order valence-corrected chi connectivity index (χ1v) is 9.33. The van der Waals surface area contributed by atoms with Crippen LogP contribution in [0.4, 0.5) is 0 Å². The number of fused-ring (bicyclic) bond motifs is 1. The van der Waals surface area contributed by atoms with Crippen molar-refractivity contribution >= 4 is 11.9 Å². The normalized spacial score (nSPS) is 24.3. The third kappa shape index (κ3) is 3.68. The molecule has 1 heterocycles. The molecule has 0 radical (unpaired) electrons. The maximum atomic E-state index is 13.1. The molecule has 2 fully saturated rings. The summed E-state index contributed by atoms with van der Waals surface area (Å²) in [6, 6.07) is 2.79. The molecule has 3 atom stereocenters. The Morgan fingerprint density at radius 1 is 1.07 bits per heavy atom. The molecule has 0 aromatic heterocycles. The summed E-state index contributed by atoms with van der Waals surface area (Å²) >= 11 is 0. The summed E-state index contributed by atoms with van der Waals surface area (Å²) in [5, 5.41) is 9.63. The van der Waals surface area contributed by atoms with E-state index in [0.717, 1.165) is 25.7 Å². The highest BCUT2D eigenvalue weighted by atomic mass is 16.5. The Balaban J connectivity index is 1.86. The number of carbonyl (C=O) groups excluding carboxylic acids is 1. The second-order valence-corrected chi connectivity index (χ2v) is 7.21. The van der Waals surface area contributed by atoms with Crippen molar-refractivity contribution in [3.05, 3.63) is 17.7 Å². The molecule has 1 aromatic rings. The van der Waals surface area contributed by atoms with Gasteiger partial charge in [0, 0.05) is 6.04 Å². The van der Waals surface area contributed by atoms with E-state index < -0.39 is 12.0 Å². The molecule has 0 bridgehead atoms. The van der Waals surface area contributed by atoms with Gasteiger partial charge in [0.25, 0.3) is 0 Å². The highest BCUT2D eigenvalue weighted by Gasteiger charge is 2.47. The Morgan fingerprint density at radius 3 is 2.26 bits per heavy atom. The second kappa shape index (κ2) is 8.06. The van der Waals surface area contributed by atoms with E-state index in [9.17, 15) is 14.7 Å². The standard InChI is InChI=1S/C20H27NO6/c1-25-16-8-12(9-17(26-2)19(16)27-3)10-18(22)21-14-7-5-4-6-13(14)11-15(21)20(23)24/h8-9,13-15H,4-7,10-11H2,1-3H3,(H,23,24). The molecule has 1 saturated heterocycles. The van der Waals surface area contributed by atoms with Crippen LogP contribution in [0.5, 0.6) is 17.2 Å². The van der Waals surface area contributed by atoms with E-state index >= 15 is 0 Å². The van der Waals surface area contributed by atoms with Gasteiger partial charge in [-0.3, -0.25) is 4.79 Å². The Labute approximate surface area is 159 Å². The van der Waals surface area contributed by atoms with Crippen LogP contribution in [0.2, 0.25) is 0 Å². The number of hydrogen-bond donors (Lipinski definition) is 1. The van der Waals surface area contributed by atoms with Gasteiger partial charge in [0.15, 0.2) is 11.5 Å². The van der Waals surface area contributed by atoms with Gasteiger partial charge in [0.2, 0.25) is 11.7 Å². The number of rotatable bonds is 6. The third-order valence-corrected chi connectivity index (χ3v) is 5.74. The molecule has 3 unspecified atom stereocenters. The van der Waals surface area contributed by atoms with Crippen LogP contribution in [0.25, 0.3) is 0 Å². The minimum Gasteiger partial charge on any atom is -0.493 e. The Bertz CT molecular complexity index is 693. The largest absolute Gasteiger partial charge is 0.493 e. The first-order chi connectivity index (χ1) is 13.0. The number of nitrogens with zero attached hydrogens (tertiary/aromatic N) is 1. The predicted molar refractivity (Wildman–Crippen MR) is 98.4 cm³/mol. The first-order valence-electron chi connectivity index (χ1n) is 9.33. The minimum atomic E-state index is -0.914. The molecule has 7 heteroatoms. The Morgan fingerprint density at radius 2 is 1.70 bits per heavy atom. The van der Waals surface area contributed by atoms with Crippen LogP contribution in [0, 0.1) is 5.92 Å². The van der Waals surface area contributed by atoms with E-state index in [1.54, 1.807) is 17.0 Å². The third-order valence-electron chi connectivity index (χ3n) is 5.74.